The standard InChI is InChI=1S/C20H21FN6O4S/c1-3-31-26-20(28)13-12-22-19(25-18-10-6-9-17(21)24-18)11-16(13)23-14-7-4-5-8-15(14)27-32(2,29)30/h4-12,27H,3H2,1-2H3,(H,26,28)(H2,22,23,24,25). The first-order valence-electron chi connectivity index (χ1n) is 9.41. The number of amides is 1. The van der Waals surface area contributed by atoms with E-state index in [9.17, 15) is 17.6 Å². The lowest BCUT2D eigenvalue weighted by Crippen LogP contribution is -2.24. The molecule has 0 aliphatic carbocycles. The molecule has 0 spiro atoms. The molecule has 0 fully saturated rings. The lowest BCUT2D eigenvalue weighted by atomic mass is 10.2. The molecule has 0 unspecified atom stereocenters. The molecule has 10 nitrogen and oxygen atoms in total. The number of aromatic nitrogens is 2. The Bertz CT molecular complexity index is 1220. The number of carbonyl (C=O) groups excluding carboxylic acids is 1. The van der Waals surface area contributed by atoms with Crippen LogP contribution in [0.3, 0.4) is 0 Å². The van der Waals surface area contributed by atoms with Crippen LogP contribution in [0.1, 0.15) is 17.3 Å². The average molecular weight is 460 g/mol. The molecular formula is C20H21FN6O4S. The summed E-state index contributed by atoms with van der Waals surface area (Å²) in [6.45, 7) is 1.97. The van der Waals surface area contributed by atoms with Crippen molar-refractivity contribution in [3.8, 4) is 0 Å². The van der Waals surface area contributed by atoms with Crippen LogP contribution in [0.25, 0.3) is 0 Å². The topological polar surface area (TPSA) is 134 Å². The van der Waals surface area contributed by atoms with Gasteiger partial charge in [-0.3, -0.25) is 14.4 Å². The van der Waals surface area contributed by atoms with Crippen LogP contribution in [0, 0.1) is 5.95 Å². The minimum Gasteiger partial charge on any atom is -0.353 e. The number of pyridine rings is 2. The monoisotopic (exact) mass is 460 g/mol. The van der Waals surface area contributed by atoms with Crippen LogP contribution in [-0.4, -0.2) is 37.2 Å². The molecule has 3 aromatic rings. The summed E-state index contributed by atoms with van der Waals surface area (Å²) in [4.78, 5) is 25.4. The van der Waals surface area contributed by atoms with Crippen molar-refractivity contribution >= 4 is 44.6 Å². The third kappa shape index (κ3) is 6.36. The number of hydrogen-bond donors (Lipinski definition) is 4. The zero-order valence-electron chi connectivity index (χ0n) is 17.2. The maximum atomic E-state index is 13.4. The third-order valence-electron chi connectivity index (χ3n) is 3.92. The van der Waals surface area contributed by atoms with Crippen LogP contribution in [0.4, 0.5) is 33.1 Å². The molecule has 1 aromatic carbocycles. The third-order valence-corrected chi connectivity index (χ3v) is 4.51. The van der Waals surface area contributed by atoms with Crippen molar-refractivity contribution in [3.05, 3.63) is 66.2 Å². The lowest BCUT2D eigenvalue weighted by molar-refractivity contribution is 0.0365. The zero-order chi connectivity index (χ0) is 23.1. The Morgan fingerprint density at radius 1 is 1.03 bits per heavy atom. The summed E-state index contributed by atoms with van der Waals surface area (Å²) in [6.07, 6.45) is 2.33. The smallest absolute Gasteiger partial charge is 0.278 e. The number of carbonyl (C=O) groups is 1. The quantitative estimate of drug-likeness (QED) is 0.283. The molecule has 1 amide bonds. The van der Waals surface area contributed by atoms with Crippen molar-refractivity contribution in [3.63, 3.8) is 0 Å². The Labute approximate surface area is 184 Å². The Kier molecular flexibility index (Phi) is 7.18. The largest absolute Gasteiger partial charge is 0.353 e. The predicted octanol–water partition coefficient (Wildman–Crippen LogP) is 3.16. The van der Waals surface area contributed by atoms with Crippen molar-refractivity contribution < 1.29 is 22.4 Å². The number of para-hydroxylation sites is 2. The molecule has 4 N–H and O–H groups in total. The Hall–Kier alpha value is -3.77. The Balaban J connectivity index is 1.98. The van der Waals surface area contributed by atoms with Crippen molar-refractivity contribution in [2.75, 3.05) is 28.2 Å². The highest BCUT2D eigenvalue weighted by atomic mass is 32.2. The summed E-state index contributed by atoms with van der Waals surface area (Å²) >= 11 is 0. The highest BCUT2D eigenvalue weighted by Gasteiger charge is 2.16. The Morgan fingerprint density at radius 2 is 1.78 bits per heavy atom. The minimum atomic E-state index is -3.54. The summed E-state index contributed by atoms with van der Waals surface area (Å²) in [7, 11) is -3.54. The summed E-state index contributed by atoms with van der Waals surface area (Å²) in [6, 6.07) is 12.3. The molecule has 0 atom stereocenters. The molecule has 0 aliphatic heterocycles. The van der Waals surface area contributed by atoms with Gasteiger partial charge in [0.25, 0.3) is 5.91 Å². The average Bonchev–Trinajstić information content (AvgIpc) is 2.73. The molecule has 0 aliphatic rings. The number of hydroxylamine groups is 1. The maximum absolute atomic E-state index is 13.4. The molecule has 0 saturated heterocycles. The number of hydrogen-bond acceptors (Lipinski definition) is 8. The first kappa shape index (κ1) is 22.9. The second-order valence-corrected chi connectivity index (χ2v) is 8.24. The normalized spacial score (nSPS) is 11.0. The van der Waals surface area contributed by atoms with E-state index in [1.54, 1.807) is 37.3 Å². The van der Waals surface area contributed by atoms with Crippen LogP contribution in [0.15, 0.2) is 54.7 Å². The minimum absolute atomic E-state index is 0.130. The summed E-state index contributed by atoms with van der Waals surface area (Å²) in [5.74, 6) is -0.742. The van der Waals surface area contributed by atoms with E-state index in [0.717, 1.165) is 6.26 Å². The highest BCUT2D eigenvalue weighted by molar-refractivity contribution is 7.92. The molecule has 0 radical (unpaired) electrons. The zero-order valence-corrected chi connectivity index (χ0v) is 18.0. The second kappa shape index (κ2) is 10.0. The molecule has 3 rings (SSSR count). The van der Waals surface area contributed by atoms with E-state index in [2.05, 4.69) is 30.8 Å². The van der Waals surface area contributed by atoms with Gasteiger partial charge in [-0.15, -0.1) is 0 Å². The molecule has 168 valence electrons. The number of rotatable bonds is 9. The van der Waals surface area contributed by atoms with Gasteiger partial charge in [0.15, 0.2) is 0 Å². The fraction of sp³-hybridized carbons (Fsp3) is 0.150. The van der Waals surface area contributed by atoms with Gasteiger partial charge in [0.05, 0.1) is 35.5 Å². The van der Waals surface area contributed by atoms with Crippen molar-refractivity contribution in [2.45, 2.75) is 6.92 Å². The second-order valence-electron chi connectivity index (χ2n) is 6.49. The SMILES string of the molecule is CCONC(=O)c1cnc(Nc2cccc(F)n2)cc1Nc1ccccc1NS(C)(=O)=O. The van der Waals surface area contributed by atoms with Crippen LogP contribution < -0.4 is 20.8 Å². The van der Waals surface area contributed by atoms with E-state index >= 15 is 0 Å². The van der Waals surface area contributed by atoms with Gasteiger partial charge in [0.2, 0.25) is 16.0 Å². The summed E-state index contributed by atoms with van der Waals surface area (Å²) in [5, 5.41) is 5.90. The number of sulfonamides is 1. The van der Waals surface area contributed by atoms with Crippen molar-refractivity contribution in [1.82, 2.24) is 15.4 Å². The molecule has 0 saturated carbocycles. The molecule has 12 heteroatoms. The van der Waals surface area contributed by atoms with Crippen LogP contribution in [0.5, 0.6) is 0 Å². The highest BCUT2D eigenvalue weighted by Crippen LogP contribution is 2.29. The number of benzene rings is 1. The molecule has 2 heterocycles. The van der Waals surface area contributed by atoms with Gasteiger partial charge < -0.3 is 10.6 Å². The first-order chi connectivity index (χ1) is 15.2. The Morgan fingerprint density at radius 3 is 2.47 bits per heavy atom. The molecule has 32 heavy (non-hydrogen) atoms. The van der Waals surface area contributed by atoms with E-state index in [1.807, 2.05) is 0 Å². The van der Waals surface area contributed by atoms with Gasteiger partial charge in [-0.25, -0.2) is 23.9 Å². The van der Waals surface area contributed by atoms with E-state index < -0.39 is 21.9 Å². The van der Waals surface area contributed by atoms with Gasteiger partial charge in [-0.1, -0.05) is 18.2 Å². The summed E-state index contributed by atoms with van der Waals surface area (Å²) in [5.41, 5.74) is 3.39. The summed E-state index contributed by atoms with van der Waals surface area (Å²) < 4.78 is 39.2. The molecule has 0 bridgehead atoms. The number of nitrogens with one attached hydrogen (secondary N) is 4. The van der Waals surface area contributed by atoms with Crippen LogP contribution >= 0.6 is 0 Å². The van der Waals surface area contributed by atoms with E-state index in [0.29, 0.717) is 11.4 Å². The fourth-order valence-corrected chi connectivity index (χ4v) is 3.21. The van der Waals surface area contributed by atoms with E-state index in [-0.39, 0.29) is 29.5 Å². The molecule has 2 aromatic heterocycles. The number of anilines is 5. The first-order valence-corrected chi connectivity index (χ1v) is 11.3. The van der Waals surface area contributed by atoms with Gasteiger partial charge >= 0.3 is 0 Å². The van der Waals surface area contributed by atoms with Gasteiger partial charge in [0.1, 0.15) is 11.6 Å². The van der Waals surface area contributed by atoms with Gasteiger partial charge in [-0.2, -0.15) is 4.39 Å². The van der Waals surface area contributed by atoms with Crippen molar-refractivity contribution in [2.24, 2.45) is 0 Å². The number of halogens is 1. The number of nitrogens with zero attached hydrogens (tertiary/aromatic N) is 2. The predicted molar refractivity (Wildman–Crippen MR) is 119 cm³/mol. The van der Waals surface area contributed by atoms with Crippen LogP contribution in [-0.2, 0) is 14.9 Å². The van der Waals surface area contributed by atoms with E-state index in [1.165, 1.54) is 24.4 Å². The van der Waals surface area contributed by atoms with Gasteiger partial charge in [0, 0.05) is 12.3 Å². The van der Waals surface area contributed by atoms with Gasteiger partial charge in [-0.05, 0) is 31.2 Å². The fourth-order valence-electron chi connectivity index (χ4n) is 2.64. The molecular weight excluding hydrogens is 439 g/mol. The van der Waals surface area contributed by atoms with Crippen LogP contribution in [0.2, 0.25) is 0 Å². The maximum Gasteiger partial charge on any atom is 0.278 e. The van der Waals surface area contributed by atoms with Crippen molar-refractivity contribution in [1.29, 1.82) is 0 Å². The van der Waals surface area contributed by atoms with E-state index in [4.69, 9.17) is 4.84 Å². The lowest BCUT2D eigenvalue weighted by Gasteiger charge is -2.16.